The predicted molar refractivity (Wildman–Crippen MR) is 157 cm³/mol. The van der Waals surface area contributed by atoms with Crippen LogP contribution in [0.15, 0.2) is 43.1 Å². The van der Waals surface area contributed by atoms with E-state index in [2.05, 4.69) is 65.8 Å². The standard InChI is InChI=1S/C32H38N6O2/c1-5-28(39)38-20-32(21-38)12-16-37(17-13-32)26-8-9-27(40-24-10-14-35(3)15-11-24)30(25(26)18-33)29-22(2)6-7-23-19-34-36(4)31(23)29/h5-9,19,24H,1,10-17,20-21H2,2-4H3. The molecule has 3 saturated heterocycles. The molecule has 40 heavy (non-hydrogen) atoms. The van der Waals surface area contributed by atoms with Crippen molar-refractivity contribution in [1.29, 1.82) is 5.26 Å². The fraction of sp³-hybridized carbons (Fsp3) is 0.469. The van der Waals surface area contributed by atoms with E-state index in [1.54, 1.807) is 0 Å². The number of hydrogen-bond donors (Lipinski definition) is 0. The van der Waals surface area contributed by atoms with Gasteiger partial charge in [-0.1, -0.05) is 18.7 Å². The average molecular weight is 539 g/mol. The van der Waals surface area contributed by atoms with Crippen molar-refractivity contribution in [1.82, 2.24) is 19.6 Å². The zero-order chi connectivity index (χ0) is 28.0. The third-order valence-corrected chi connectivity index (χ3v) is 9.28. The SMILES string of the molecule is C=CC(=O)N1CC2(CCN(c3ccc(OC4CCN(C)CC4)c(-c4c(C)ccc5cnn(C)c45)c3C#N)CC2)C1. The second kappa shape index (κ2) is 10.3. The Morgan fingerprint density at radius 2 is 1.82 bits per heavy atom. The van der Waals surface area contributed by atoms with Gasteiger partial charge in [-0.15, -0.1) is 0 Å². The van der Waals surface area contributed by atoms with Crippen LogP contribution in [0, 0.1) is 23.7 Å². The minimum absolute atomic E-state index is 0.0179. The molecular formula is C32H38N6O2. The number of ether oxygens (including phenoxy) is 1. The van der Waals surface area contributed by atoms with Crippen LogP contribution in [0.3, 0.4) is 0 Å². The Hall–Kier alpha value is -3.83. The molecule has 208 valence electrons. The number of benzene rings is 2. The van der Waals surface area contributed by atoms with Crippen molar-refractivity contribution in [3.8, 4) is 22.9 Å². The van der Waals surface area contributed by atoms with Crippen LogP contribution in [-0.2, 0) is 11.8 Å². The van der Waals surface area contributed by atoms with Crippen molar-refractivity contribution < 1.29 is 9.53 Å². The van der Waals surface area contributed by atoms with E-state index in [1.807, 2.05) is 22.8 Å². The first-order valence-electron chi connectivity index (χ1n) is 14.3. The Morgan fingerprint density at radius 3 is 2.50 bits per heavy atom. The van der Waals surface area contributed by atoms with Crippen LogP contribution in [0.4, 0.5) is 5.69 Å². The van der Waals surface area contributed by atoms with Gasteiger partial charge in [0.05, 0.1) is 23.0 Å². The number of amides is 1. The molecule has 0 saturated carbocycles. The van der Waals surface area contributed by atoms with Gasteiger partial charge in [0, 0.05) is 68.2 Å². The molecule has 3 aliphatic heterocycles. The highest BCUT2D eigenvalue weighted by Gasteiger charge is 2.46. The van der Waals surface area contributed by atoms with Crippen LogP contribution in [-0.4, -0.2) is 77.9 Å². The number of hydrogen-bond acceptors (Lipinski definition) is 6. The lowest BCUT2D eigenvalue weighted by molar-refractivity contribution is -0.139. The molecule has 1 amide bonds. The first-order valence-corrected chi connectivity index (χ1v) is 14.3. The number of anilines is 1. The highest BCUT2D eigenvalue weighted by molar-refractivity contribution is 6.00. The monoisotopic (exact) mass is 538 g/mol. The highest BCUT2D eigenvalue weighted by Crippen LogP contribution is 2.46. The zero-order valence-electron chi connectivity index (χ0n) is 23.8. The Kier molecular flexibility index (Phi) is 6.79. The molecule has 0 unspecified atom stereocenters. The van der Waals surface area contributed by atoms with Crippen LogP contribution in [0.2, 0.25) is 0 Å². The molecule has 1 spiro atoms. The van der Waals surface area contributed by atoms with E-state index >= 15 is 0 Å². The van der Waals surface area contributed by atoms with Crippen molar-refractivity contribution in [2.24, 2.45) is 12.5 Å². The maximum absolute atomic E-state index is 12.0. The molecule has 8 heteroatoms. The quantitative estimate of drug-likeness (QED) is 0.445. The Labute approximate surface area is 236 Å². The number of aryl methyl sites for hydroxylation is 2. The molecule has 2 aromatic carbocycles. The van der Waals surface area contributed by atoms with Crippen LogP contribution in [0.25, 0.3) is 22.0 Å². The number of nitrogens with zero attached hydrogens (tertiary/aromatic N) is 6. The zero-order valence-corrected chi connectivity index (χ0v) is 23.8. The number of carbonyl (C=O) groups is 1. The average Bonchev–Trinajstić information content (AvgIpc) is 3.33. The third kappa shape index (κ3) is 4.52. The summed E-state index contributed by atoms with van der Waals surface area (Å²) in [6.07, 6.45) is 7.34. The van der Waals surface area contributed by atoms with Gasteiger partial charge in [0.2, 0.25) is 5.91 Å². The second-order valence-corrected chi connectivity index (χ2v) is 11.9. The van der Waals surface area contributed by atoms with Gasteiger partial charge < -0.3 is 19.4 Å². The molecule has 0 bridgehead atoms. The molecule has 8 nitrogen and oxygen atoms in total. The van der Waals surface area contributed by atoms with Crippen molar-refractivity contribution in [2.45, 2.75) is 38.7 Å². The van der Waals surface area contributed by atoms with Crippen molar-refractivity contribution >= 4 is 22.5 Å². The van der Waals surface area contributed by atoms with E-state index < -0.39 is 0 Å². The maximum Gasteiger partial charge on any atom is 0.245 e. The molecule has 4 heterocycles. The lowest BCUT2D eigenvalue weighted by Crippen LogP contribution is -2.61. The molecule has 0 radical (unpaired) electrons. The van der Waals surface area contributed by atoms with Gasteiger partial charge in [-0.05, 0) is 63.4 Å². The number of nitriles is 1. The summed E-state index contributed by atoms with van der Waals surface area (Å²) in [5.74, 6) is 0.794. The highest BCUT2D eigenvalue weighted by atomic mass is 16.5. The molecule has 3 aromatic rings. The summed E-state index contributed by atoms with van der Waals surface area (Å²) < 4.78 is 8.63. The van der Waals surface area contributed by atoms with E-state index in [-0.39, 0.29) is 17.4 Å². The van der Waals surface area contributed by atoms with Gasteiger partial charge in [-0.2, -0.15) is 10.4 Å². The summed E-state index contributed by atoms with van der Waals surface area (Å²) in [6, 6.07) is 11.0. The van der Waals surface area contributed by atoms with Crippen LogP contribution >= 0.6 is 0 Å². The summed E-state index contributed by atoms with van der Waals surface area (Å²) in [5.41, 5.74) is 5.80. The molecule has 0 aliphatic carbocycles. The van der Waals surface area contributed by atoms with Crippen molar-refractivity contribution in [3.05, 3.63) is 54.2 Å². The van der Waals surface area contributed by atoms with Crippen LogP contribution < -0.4 is 9.64 Å². The van der Waals surface area contributed by atoms with Crippen molar-refractivity contribution in [2.75, 3.05) is 51.2 Å². The first kappa shape index (κ1) is 26.4. The van der Waals surface area contributed by atoms with Gasteiger partial charge in [0.1, 0.15) is 17.9 Å². The lowest BCUT2D eigenvalue weighted by atomic mass is 9.71. The van der Waals surface area contributed by atoms with Gasteiger partial charge in [-0.25, -0.2) is 0 Å². The van der Waals surface area contributed by atoms with E-state index in [0.29, 0.717) is 5.56 Å². The van der Waals surface area contributed by atoms with E-state index in [4.69, 9.17) is 4.74 Å². The minimum atomic E-state index is 0.0179. The number of carbonyl (C=O) groups excluding carboxylic acids is 1. The molecule has 0 N–H and O–H groups in total. The van der Waals surface area contributed by atoms with Gasteiger partial charge >= 0.3 is 0 Å². The van der Waals surface area contributed by atoms with E-state index in [1.165, 1.54) is 6.08 Å². The number of piperidine rings is 2. The summed E-state index contributed by atoms with van der Waals surface area (Å²) in [4.78, 5) is 18.6. The molecule has 0 atom stereocenters. The Morgan fingerprint density at radius 1 is 1.10 bits per heavy atom. The van der Waals surface area contributed by atoms with Gasteiger partial charge in [0.15, 0.2) is 0 Å². The number of fused-ring (bicyclic) bond motifs is 1. The maximum atomic E-state index is 12.0. The van der Waals surface area contributed by atoms with Crippen LogP contribution in [0.1, 0.15) is 36.8 Å². The summed E-state index contributed by atoms with van der Waals surface area (Å²) in [7, 11) is 4.11. The third-order valence-electron chi connectivity index (χ3n) is 9.28. The van der Waals surface area contributed by atoms with Gasteiger partial charge in [0.25, 0.3) is 0 Å². The largest absolute Gasteiger partial charge is 0.490 e. The second-order valence-electron chi connectivity index (χ2n) is 11.9. The lowest BCUT2D eigenvalue weighted by Gasteiger charge is -2.54. The molecule has 3 fully saturated rings. The van der Waals surface area contributed by atoms with Crippen LogP contribution in [0.5, 0.6) is 5.75 Å². The number of aromatic nitrogens is 2. The summed E-state index contributed by atoms with van der Waals surface area (Å²) in [6.45, 7) is 11.0. The summed E-state index contributed by atoms with van der Waals surface area (Å²) >= 11 is 0. The Bertz CT molecular complexity index is 1490. The predicted octanol–water partition coefficient (Wildman–Crippen LogP) is 4.51. The molecular weight excluding hydrogens is 500 g/mol. The topological polar surface area (TPSA) is 77.6 Å². The fourth-order valence-electron chi connectivity index (χ4n) is 6.85. The normalized spacial score (nSPS) is 19.4. The minimum Gasteiger partial charge on any atom is -0.490 e. The van der Waals surface area contributed by atoms with E-state index in [9.17, 15) is 10.1 Å². The fourth-order valence-corrected chi connectivity index (χ4v) is 6.85. The first-order chi connectivity index (χ1) is 19.3. The molecule has 1 aromatic heterocycles. The molecule has 6 rings (SSSR count). The summed E-state index contributed by atoms with van der Waals surface area (Å²) in [5, 5.41) is 16.3. The smallest absolute Gasteiger partial charge is 0.245 e. The van der Waals surface area contributed by atoms with Gasteiger partial charge in [-0.3, -0.25) is 9.48 Å². The Balaban J connectivity index is 1.39. The molecule has 3 aliphatic rings. The van der Waals surface area contributed by atoms with Crippen molar-refractivity contribution in [3.63, 3.8) is 0 Å². The van der Waals surface area contributed by atoms with E-state index in [0.717, 1.165) is 104 Å². The number of likely N-dealkylation sites (tertiary alicyclic amines) is 2. The number of rotatable bonds is 5.